The molecule has 11 nitrogen and oxygen atoms in total. The van der Waals surface area contributed by atoms with Crippen LogP contribution in [0, 0.1) is 5.82 Å². The van der Waals surface area contributed by atoms with Gasteiger partial charge in [-0.05, 0) is 52.7 Å². The topological polar surface area (TPSA) is 141 Å². The van der Waals surface area contributed by atoms with Gasteiger partial charge in [-0.15, -0.1) is 0 Å². The Morgan fingerprint density at radius 1 is 1.24 bits per heavy atom. The van der Waals surface area contributed by atoms with E-state index in [1.165, 1.54) is 11.0 Å². The minimum absolute atomic E-state index is 0.0246. The summed E-state index contributed by atoms with van der Waals surface area (Å²) in [5.74, 6) is -0.0269. The van der Waals surface area contributed by atoms with Gasteiger partial charge in [-0.1, -0.05) is 12.1 Å². The number of hydrogen-bond acceptors (Lipinski definition) is 9. The highest BCUT2D eigenvalue weighted by Gasteiger charge is 2.37. The summed E-state index contributed by atoms with van der Waals surface area (Å²) in [4.78, 5) is 43.5. The number of hydrogen-bond donors (Lipinski definition) is 4. The molecule has 3 atom stereocenters. The summed E-state index contributed by atoms with van der Waals surface area (Å²) in [6.45, 7) is 2.65. The summed E-state index contributed by atoms with van der Waals surface area (Å²) in [7, 11) is -5.28. The van der Waals surface area contributed by atoms with Crippen LogP contribution in [-0.2, 0) is 20.5 Å². The van der Waals surface area contributed by atoms with Crippen molar-refractivity contribution in [3.63, 3.8) is 0 Å². The molecule has 2 saturated heterocycles. The summed E-state index contributed by atoms with van der Waals surface area (Å²) < 4.78 is 42.3. The van der Waals surface area contributed by atoms with E-state index >= 15 is 0 Å². The van der Waals surface area contributed by atoms with Crippen molar-refractivity contribution in [3.8, 4) is 5.75 Å². The van der Waals surface area contributed by atoms with E-state index in [0.29, 0.717) is 49.0 Å². The van der Waals surface area contributed by atoms with E-state index in [4.69, 9.17) is 26.4 Å². The predicted molar refractivity (Wildman–Crippen MR) is 143 cm³/mol. The van der Waals surface area contributed by atoms with E-state index in [1.54, 1.807) is 36.4 Å². The molecule has 0 bridgehead atoms. The van der Waals surface area contributed by atoms with Crippen molar-refractivity contribution in [2.24, 2.45) is 0 Å². The van der Waals surface area contributed by atoms with Gasteiger partial charge in [0.2, 0.25) is 8.38 Å². The zero-order valence-electron chi connectivity index (χ0n) is 20.1. The molecule has 0 radical (unpaired) electrons. The van der Waals surface area contributed by atoms with Gasteiger partial charge in [0.05, 0.1) is 37.7 Å². The lowest BCUT2D eigenvalue weighted by molar-refractivity contribution is 0.122. The largest absolute Gasteiger partial charge is 0.518 e. The van der Waals surface area contributed by atoms with Crippen molar-refractivity contribution < 1.29 is 42.6 Å². The number of cyclic esters (lactones) is 1. The van der Waals surface area contributed by atoms with Gasteiger partial charge >= 0.3 is 14.1 Å². The fourth-order valence-electron chi connectivity index (χ4n) is 4.06. The molecular formula is C23H27FN3O8P2S+. The monoisotopic (exact) mass is 586 g/mol. The lowest BCUT2D eigenvalue weighted by Crippen LogP contribution is -2.37. The van der Waals surface area contributed by atoms with Gasteiger partial charge in [0.1, 0.15) is 17.7 Å². The summed E-state index contributed by atoms with van der Waals surface area (Å²) in [5.41, 5.74) is 1.49. The minimum Gasteiger partial charge on any atom is -0.442 e. The van der Waals surface area contributed by atoms with Gasteiger partial charge in [-0.3, -0.25) is 4.90 Å². The first-order valence-electron chi connectivity index (χ1n) is 11.7. The van der Waals surface area contributed by atoms with Crippen molar-refractivity contribution in [2.75, 3.05) is 49.2 Å². The Bertz CT molecular complexity index is 1170. The quantitative estimate of drug-likeness (QED) is 0.255. The number of benzene rings is 2. The fourth-order valence-corrected chi connectivity index (χ4v) is 5.68. The fraction of sp³-hybridized carbons (Fsp3) is 0.391. The number of carbonyl (C=O) groups is 1. The number of rotatable bonds is 9. The second kappa shape index (κ2) is 13.0. The van der Waals surface area contributed by atoms with Gasteiger partial charge in [0, 0.05) is 19.5 Å². The number of carbonyl (C=O) groups excluding carboxylic acids is 1. The highest BCUT2D eigenvalue weighted by atomic mass is 32.1. The van der Waals surface area contributed by atoms with Gasteiger partial charge < -0.3 is 34.2 Å². The highest BCUT2D eigenvalue weighted by molar-refractivity contribution is 7.80. The molecule has 2 aliphatic rings. The normalized spacial score (nSPS) is 18.8. The molecule has 38 heavy (non-hydrogen) atoms. The molecule has 204 valence electrons. The third kappa shape index (κ3) is 7.33. The summed E-state index contributed by atoms with van der Waals surface area (Å²) in [5, 5.41) is 1.79. The molecule has 1 amide bonds. The maximum atomic E-state index is 14.8. The molecule has 0 aliphatic carbocycles. The van der Waals surface area contributed by atoms with Gasteiger partial charge in [-0.2, -0.15) is 4.89 Å². The van der Waals surface area contributed by atoms with Crippen LogP contribution in [0.5, 0.6) is 5.75 Å². The average molecular weight is 586 g/mol. The average Bonchev–Trinajstić information content (AvgIpc) is 3.27. The van der Waals surface area contributed by atoms with E-state index in [0.717, 1.165) is 0 Å². The lowest BCUT2D eigenvalue weighted by Gasteiger charge is -2.29. The van der Waals surface area contributed by atoms with Crippen LogP contribution >= 0.6 is 28.6 Å². The Labute approximate surface area is 225 Å². The predicted octanol–water partition coefficient (Wildman–Crippen LogP) is 2.84. The Balaban J connectivity index is 1.26. The summed E-state index contributed by atoms with van der Waals surface area (Å²) in [6, 6.07) is 11.1. The molecule has 2 aromatic carbocycles. The van der Waals surface area contributed by atoms with Gasteiger partial charge in [0.25, 0.3) is 10.6 Å². The number of amides is 1. The molecular weight excluding hydrogens is 559 g/mol. The molecule has 15 heteroatoms. The van der Waals surface area contributed by atoms with Crippen LogP contribution < -0.4 is 19.9 Å². The maximum Gasteiger partial charge on any atom is 0.518 e. The van der Waals surface area contributed by atoms with Crippen molar-refractivity contribution >= 4 is 51.3 Å². The minimum atomic E-state index is -2.73. The molecule has 0 saturated carbocycles. The van der Waals surface area contributed by atoms with Gasteiger partial charge in [0.15, 0.2) is 0 Å². The molecule has 4 N–H and O–H groups in total. The number of anilines is 2. The zero-order valence-corrected chi connectivity index (χ0v) is 22.7. The Kier molecular flexibility index (Phi) is 9.78. The van der Waals surface area contributed by atoms with E-state index in [1.807, 2.05) is 4.90 Å². The van der Waals surface area contributed by atoms with Crippen molar-refractivity contribution in [2.45, 2.75) is 17.9 Å². The van der Waals surface area contributed by atoms with E-state index < -0.39 is 39.8 Å². The first-order chi connectivity index (χ1) is 18.2. The molecule has 2 unspecified atom stereocenters. The SMILES string of the molecule is O=C1O[C@@H](CNC(=S)Oc2ccc(CC(P(O)O)[P+](=O)O)cc2)CN1c1ccc(N2CCOCC2)c(F)c1. The van der Waals surface area contributed by atoms with E-state index in [-0.39, 0.29) is 24.7 Å². The van der Waals surface area contributed by atoms with Crippen LogP contribution in [-0.4, -0.2) is 76.8 Å². The smallest absolute Gasteiger partial charge is 0.442 e. The molecule has 2 aliphatic heterocycles. The molecule has 2 aromatic rings. The molecule has 2 heterocycles. The van der Waals surface area contributed by atoms with Crippen LogP contribution in [0.15, 0.2) is 42.5 Å². The molecule has 4 rings (SSSR count). The van der Waals surface area contributed by atoms with Crippen molar-refractivity contribution in [1.82, 2.24) is 5.32 Å². The third-order valence-corrected chi connectivity index (χ3v) is 8.86. The Hall–Kier alpha value is -2.50. The summed E-state index contributed by atoms with van der Waals surface area (Å²) in [6.07, 6.45) is -1.11. The Morgan fingerprint density at radius 2 is 1.95 bits per heavy atom. The number of nitrogens with one attached hydrogen (secondary N) is 1. The number of nitrogens with zero attached hydrogens (tertiary/aromatic N) is 2. The van der Waals surface area contributed by atoms with Crippen molar-refractivity contribution in [1.29, 1.82) is 0 Å². The number of ether oxygens (including phenoxy) is 3. The highest BCUT2D eigenvalue weighted by Crippen LogP contribution is 2.46. The molecule has 0 spiro atoms. The second-order valence-corrected chi connectivity index (χ2v) is 11.8. The summed E-state index contributed by atoms with van der Waals surface area (Å²) >= 11 is 5.20. The van der Waals surface area contributed by atoms with Crippen LogP contribution in [0.25, 0.3) is 0 Å². The standard InChI is InChI=1S/C23H26FN3O8P2S/c24-19-12-16(3-6-20(19)26-7-9-33-10-8-26)27-14-18(35-23(27)28)13-25-22(38)34-17-4-1-15(2-5-17)11-21(36(29)30)37(31)32/h1-6,12,18,21,29-30H,7-11,13-14H2,(H-,25,31,32,38)/p+1/t18-,21?/m0/s1. The van der Waals surface area contributed by atoms with Crippen LogP contribution in [0.4, 0.5) is 20.6 Å². The van der Waals surface area contributed by atoms with E-state index in [2.05, 4.69) is 5.32 Å². The number of morpholine rings is 1. The lowest BCUT2D eigenvalue weighted by atomic mass is 10.2. The first-order valence-corrected chi connectivity index (χ1v) is 14.7. The molecule has 0 aromatic heterocycles. The maximum absolute atomic E-state index is 14.8. The second-order valence-electron chi connectivity index (χ2n) is 8.57. The molecule has 2 fully saturated rings. The first kappa shape index (κ1) is 28.5. The number of halogens is 1. The van der Waals surface area contributed by atoms with Gasteiger partial charge in [-0.25, -0.2) is 9.18 Å². The zero-order chi connectivity index (χ0) is 27.2. The van der Waals surface area contributed by atoms with Crippen LogP contribution in [0.2, 0.25) is 0 Å². The third-order valence-electron chi connectivity index (χ3n) is 6.02. The van der Waals surface area contributed by atoms with Crippen LogP contribution in [0.1, 0.15) is 5.56 Å². The van der Waals surface area contributed by atoms with Crippen LogP contribution in [0.3, 0.4) is 0 Å². The Morgan fingerprint density at radius 3 is 2.58 bits per heavy atom. The number of thiocarbonyl (C=S) groups is 1. The van der Waals surface area contributed by atoms with Crippen molar-refractivity contribution in [3.05, 3.63) is 53.8 Å². The van der Waals surface area contributed by atoms with E-state index in [9.17, 15) is 28.4 Å².